The zero-order valence-corrected chi connectivity index (χ0v) is 17.3. The summed E-state index contributed by atoms with van der Waals surface area (Å²) in [4.78, 5) is 15.6. The molecule has 0 saturated carbocycles. The number of hydrogen-bond acceptors (Lipinski definition) is 4. The van der Waals surface area contributed by atoms with E-state index in [1.807, 2.05) is 24.3 Å². The SMILES string of the molecule is COc1ccccc1OCCC(=O)C1CC2CCCC(C1)N2Cc1ccccc1. The molecule has 2 fully saturated rings. The topological polar surface area (TPSA) is 38.8 Å². The van der Waals surface area contributed by atoms with E-state index >= 15 is 0 Å². The van der Waals surface area contributed by atoms with Crippen LogP contribution in [0.1, 0.15) is 44.1 Å². The number of benzene rings is 2. The lowest BCUT2D eigenvalue weighted by Crippen LogP contribution is -2.52. The molecule has 0 aliphatic carbocycles. The van der Waals surface area contributed by atoms with Crippen molar-refractivity contribution in [3.8, 4) is 11.5 Å². The largest absolute Gasteiger partial charge is 0.493 e. The Morgan fingerprint density at radius 2 is 1.62 bits per heavy atom. The highest BCUT2D eigenvalue weighted by atomic mass is 16.5. The highest BCUT2D eigenvalue weighted by molar-refractivity contribution is 5.81. The number of para-hydroxylation sites is 2. The first-order chi connectivity index (χ1) is 14.2. The number of ether oxygens (including phenoxy) is 2. The lowest BCUT2D eigenvalue weighted by atomic mass is 9.76. The van der Waals surface area contributed by atoms with Gasteiger partial charge in [0.1, 0.15) is 5.78 Å². The highest BCUT2D eigenvalue weighted by Crippen LogP contribution is 2.38. The smallest absolute Gasteiger partial charge is 0.161 e. The van der Waals surface area contributed by atoms with E-state index in [1.54, 1.807) is 7.11 Å². The van der Waals surface area contributed by atoms with Crippen LogP contribution in [0.15, 0.2) is 54.6 Å². The monoisotopic (exact) mass is 393 g/mol. The summed E-state index contributed by atoms with van der Waals surface area (Å²) >= 11 is 0. The number of hydrogen-bond donors (Lipinski definition) is 0. The molecule has 2 aromatic rings. The Morgan fingerprint density at radius 1 is 0.966 bits per heavy atom. The Morgan fingerprint density at radius 3 is 2.31 bits per heavy atom. The van der Waals surface area contributed by atoms with Crippen LogP contribution in [-0.4, -0.2) is 36.5 Å². The summed E-state index contributed by atoms with van der Waals surface area (Å²) in [6.07, 6.45) is 6.18. The molecule has 2 heterocycles. The fraction of sp³-hybridized carbons (Fsp3) is 0.480. The third-order valence-electron chi connectivity index (χ3n) is 6.46. The van der Waals surface area contributed by atoms with Gasteiger partial charge in [-0.1, -0.05) is 48.9 Å². The second-order valence-electron chi connectivity index (χ2n) is 8.28. The van der Waals surface area contributed by atoms with Gasteiger partial charge in [0.15, 0.2) is 11.5 Å². The average Bonchev–Trinajstić information content (AvgIpc) is 2.74. The summed E-state index contributed by atoms with van der Waals surface area (Å²) in [5.41, 5.74) is 1.37. The lowest BCUT2D eigenvalue weighted by Gasteiger charge is -2.48. The molecule has 2 saturated heterocycles. The van der Waals surface area contributed by atoms with Crippen molar-refractivity contribution < 1.29 is 14.3 Å². The average molecular weight is 394 g/mol. The van der Waals surface area contributed by atoms with Crippen molar-refractivity contribution in [3.05, 3.63) is 60.2 Å². The summed E-state index contributed by atoms with van der Waals surface area (Å²) in [7, 11) is 1.63. The van der Waals surface area contributed by atoms with Gasteiger partial charge in [-0.15, -0.1) is 0 Å². The Hall–Kier alpha value is -2.33. The van der Waals surface area contributed by atoms with E-state index in [0.29, 0.717) is 42.4 Å². The van der Waals surface area contributed by atoms with Gasteiger partial charge in [-0.3, -0.25) is 9.69 Å². The van der Waals surface area contributed by atoms with Gasteiger partial charge in [-0.25, -0.2) is 0 Å². The molecule has 0 amide bonds. The number of methoxy groups -OCH3 is 1. The maximum Gasteiger partial charge on any atom is 0.161 e. The fourth-order valence-corrected chi connectivity index (χ4v) is 5.00. The van der Waals surface area contributed by atoms with Crippen LogP contribution in [0, 0.1) is 5.92 Å². The number of rotatable bonds is 8. The molecule has 2 bridgehead atoms. The molecular formula is C25H31NO3. The number of fused-ring (bicyclic) bond motifs is 2. The van der Waals surface area contributed by atoms with Crippen LogP contribution in [0.4, 0.5) is 0 Å². The minimum atomic E-state index is 0.179. The molecule has 2 aliphatic rings. The van der Waals surface area contributed by atoms with Gasteiger partial charge in [0.05, 0.1) is 13.7 Å². The third kappa shape index (κ3) is 4.81. The zero-order chi connectivity index (χ0) is 20.1. The van der Waals surface area contributed by atoms with Crippen LogP contribution >= 0.6 is 0 Å². The Kier molecular flexibility index (Phi) is 6.50. The molecule has 0 radical (unpaired) electrons. The van der Waals surface area contributed by atoms with Crippen LogP contribution in [0.25, 0.3) is 0 Å². The first-order valence-electron chi connectivity index (χ1n) is 10.8. The molecule has 0 aromatic heterocycles. The van der Waals surface area contributed by atoms with Crippen molar-refractivity contribution in [1.82, 2.24) is 4.90 Å². The van der Waals surface area contributed by atoms with Crippen molar-refractivity contribution in [2.45, 2.75) is 57.2 Å². The second-order valence-corrected chi connectivity index (χ2v) is 8.28. The van der Waals surface area contributed by atoms with E-state index in [2.05, 4.69) is 35.2 Å². The van der Waals surface area contributed by atoms with E-state index in [4.69, 9.17) is 9.47 Å². The molecule has 4 nitrogen and oxygen atoms in total. The van der Waals surface area contributed by atoms with E-state index in [1.165, 1.54) is 24.8 Å². The zero-order valence-electron chi connectivity index (χ0n) is 17.3. The Labute approximate surface area is 173 Å². The molecule has 0 N–H and O–H groups in total. The van der Waals surface area contributed by atoms with Crippen LogP contribution in [-0.2, 0) is 11.3 Å². The standard InChI is InChI=1S/C25H31NO3/c1-28-24-12-5-6-13-25(24)29-15-14-23(27)20-16-21-10-7-11-22(17-20)26(21)18-19-8-3-2-4-9-19/h2-6,8-9,12-13,20-22H,7,10-11,14-18H2,1H3. The molecule has 154 valence electrons. The summed E-state index contributed by atoms with van der Waals surface area (Å²) in [6.45, 7) is 1.42. The van der Waals surface area contributed by atoms with E-state index < -0.39 is 0 Å². The molecular weight excluding hydrogens is 362 g/mol. The van der Waals surface area contributed by atoms with Gasteiger partial charge in [0.25, 0.3) is 0 Å². The predicted molar refractivity (Wildman–Crippen MR) is 114 cm³/mol. The maximum atomic E-state index is 12.9. The van der Waals surface area contributed by atoms with Crippen LogP contribution < -0.4 is 9.47 Å². The quantitative estimate of drug-likeness (QED) is 0.642. The molecule has 0 spiro atoms. The second kappa shape index (κ2) is 9.45. The summed E-state index contributed by atoms with van der Waals surface area (Å²) in [6, 6.07) is 19.4. The fourth-order valence-electron chi connectivity index (χ4n) is 5.00. The van der Waals surface area contributed by atoms with Crippen molar-refractivity contribution >= 4 is 5.78 Å². The lowest BCUT2D eigenvalue weighted by molar-refractivity contribution is -0.127. The molecule has 4 rings (SSSR count). The van der Waals surface area contributed by atoms with Gasteiger partial charge >= 0.3 is 0 Å². The molecule has 2 unspecified atom stereocenters. The molecule has 2 aromatic carbocycles. The third-order valence-corrected chi connectivity index (χ3v) is 6.46. The predicted octanol–water partition coefficient (Wildman–Crippen LogP) is 4.87. The summed E-state index contributed by atoms with van der Waals surface area (Å²) < 4.78 is 11.1. The van der Waals surface area contributed by atoms with Crippen LogP contribution in [0.3, 0.4) is 0 Å². The van der Waals surface area contributed by atoms with Gasteiger partial charge in [0.2, 0.25) is 0 Å². The van der Waals surface area contributed by atoms with Crippen molar-refractivity contribution in [1.29, 1.82) is 0 Å². The minimum Gasteiger partial charge on any atom is -0.493 e. The molecule has 2 aliphatic heterocycles. The number of nitrogens with zero attached hydrogens (tertiary/aromatic N) is 1. The van der Waals surface area contributed by atoms with E-state index in [-0.39, 0.29) is 5.92 Å². The molecule has 29 heavy (non-hydrogen) atoms. The molecule has 4 heteroatoms. The van der Waals surface area contributed by atoms with Crippen LogP contribution in [0.2, 0.25) is 0 Å². The Bertz CT molecular complexity index is 793. The highest BCUT2D eigenvalue weighted by Gasteiger charge is 2.40. The summed E-state index contributed by atoms with van der Waals surface area (Å²) in [5.74, 6) is 1.95. The summed E-state index contributed by atoms with van der Waals surface area (Å²) in [5, 5.41) is 0. The minimum absolute atomic E-state index is 0.179. The van der Waals surface area contributed by atoms with Gasteiger partial charge in [-0.2, -0.15) is 0 Å². The molecule has 2 atom stereocenters. The van der Waals surface area contributed by atoms with Gasteiger partial charge in [0, 0.05) is 31.0 Å². The first-order valence-corrected chi connectivity index (χ1v) is 10.8. The number of piperidine rings is 2. The van der Waals surface area contributed by atoms with Gasteiger partial charge in [-0.05, 0) is 43.4 Å². The van der Waals surface area contributed by atoms with Crippen molar-refractivity contribution in [3.63, 3.8) is 0 Å². The first kappa shape index (κ1) is 20.0. The normalized spacial score (nSPS) is 24.1. The maximum absolute atomic E-state index is 12.9. The van der Waals surface area contributed by atoms with Gasteiger partial charge < -0.3 is 9.47 Å². The Balaban J connectivity index is 1.31. The number of Topliss-reactive ketones (excluding diaryl/α,β-unsaturated/α-hetero) is 1. The van der Waals surface area contributed by atoms with Crippen LogP contribution in [0.5, 0.6) is 11.5 Å². The number of ketones is 1. The van der Waals surface area contributed by atoms with E-state index in [0.717, 1.165) is 19.4 Å². The van der Waals surface area contributed by atoms with E-state index in [9.17, 15) is 4.79 Å². The van der Waals surface area contributed by atoms with Crippen molar-refractivity contribution in [2.75, 3.05) is 13.7 Å². The van der Waals surface area contributed by atoms with Crippen molar-refractivity contribution in [2.24, 2.45) is 5.92 Å². The number of carbonyl (C=O) groups is 1. The number of carbonyl (C=O) groups excluding carboxylic acids is 1.